The fourth-order valence-electron chi connectivity index (χ4n) is 4.67. The number of halogens is 2. The first-order valence-electron chi connectivity index (χ1n) is 10.8. The molecule has 31 heavy (non-hydrogen) atoms. The Kier molecular flexibility index (Phi) is 4.03. The molecule has 2 fully saturated rings. The minimum Gasteiger partial charge on any atom is -0.353 e. The van der Waals surface area contributed by atoms with Crippen LogP contribution < -0.4 is 5.32 Å². The van der Waals surface area contributed by atoms with Gasteiger partial charge in [-0.05, 0) is 37.8 Å². The van der Waals surface area contributed by atoms with Crippen molar-refractivity contribution in [3.05, 3.63) is 36.5 Å². The summed E-state index contributed by atoms with van der Waals surface area (Å²) < 4.78 is 30.7. The molecule has 0 amide bonds. The highest BCUT2D eigenvalue weighted by Gasteiger charge is 2.47. The molecule has 6 rings (SSSR count). The van der Waals surface area contributed by atoms with E-state index in [9.17, 15) is 8.78 Å². The van der Waals surface area contributed by atoms with E-state index in [1.807, 2.05) is 40.5 Å². The van der Waals surface area contributed by atoms with Gasteiger partial charge in [0.25, 0.3) is 5.92 Å². The van der Waals surface area contributed by atoms with E-state index in [-0.39, 0.29) is 18.9 Å². The maximum Gasteiger partial charge on any atom is 0.252 e. The summed E-state index contributed by atoms with van der Waals surface area (Å²) in [5.74, 6) is -0.526. The summed E-state index contributed by atoms with van der Waals surface area (Å²) in [6.45, 7) is 2.75. The minimum absolute atomic E-state index is 0.150. The molecular formula is C22H23F2N7. The molecule has 4 heterocycles. The van der Waals surface area contributed by atoms with E-state index in [0.29, 0.717) is 17.4 Å². The van der Waals surface area contributed by atoms with Gasteiger partial charge in [-0.25, -0.2) is 28.2 Å². The average Bonchev–Trinajstić information content (AvgIpc) is 3.24. The number of pyridine rings is 1. The quantitative estimate of drug-likeness (QED) is 0.507. The number of aryl methyl sites for hydroxylation is 1. The summed E-state index contributed by atoms with van der Waals surface area (Å²) in [5, 5.41) is 7.90. The molecule has 0 atom stereocenters. The Balaban J connectivity index is 1.33. The Morgan fingerprint density at radius 3 is 2.74 bits per heavy atom. The van der Waals surface area contributed by atoms with Crippen LogP contribution in [0.4, 0.5) is 14.7 Å². The summed E-state index contributed by atoms with van der Waals surface area (Å²) in [5.41, 5.74) is 4.08. The molecule has 2 saturated carbocycles. The Morgan fingerprint density at radius 2 is 2.00 bits per heavy atom. The lowest BCUT2D eigenvalue weighted by atomic mass is 9.85. The van der Waals surface area contributed by atoms with Gasteiger partial charge < -0.3 is 9.88 Å². The highest BCUT2D eigenvalue weighted by atomic mass is 19.3. The molecule has 0 unspecified atom stereocenters. The molecule has 4 aromatic rings. The van der Waals surface area contributed by atoms with E-state index in [4.69, 9.17) is 0 Å². The van der Waals surface area contributed by atoms with Crippen molar-refractivity contribution >= 4 is 22.6 Å². The van der Waals surface area contributed by atoms with Crippen molar-refractivity contribution in [2.45, 2.75) is 51.0 Å². The van der Waals surface area contributed by atoms with E-state index in [1.54, 1.807) is 6.20 Å². The van der Waals surface area contributed by atoms with Crippen LogP contribution in [0.25, 0.3) is 27.8 Å². The number of rotatable bonds is 5. The van der Waals surface area contributed by atoms with Gasteiger partial charge in [-0.1, -0.05) is 6.42 Å². The highest BCUT2D eigenvalue weighted by Crippen LogP contribution is 2.47. The number of alkyl halides is 2. The second-order valence-electron chi connectivity index (χ2n) is 8.83. The first-order valence-corrected chi connectivity index (χ1v) is 10.8. The van der Waals surface area contributed by atoms with Crippen LogP contribution in [0, 0.1) is 12.8 Å². The number of nitrogens with one attached hydrogen (secondary N) is 1. The van der Waals surface area contributed by atoms with Crippen LogP contribution in [-0.2, 0) is 0 Å². The van der Waals surface area contributed by atoms with Crippen LogP contribution in [0.5, 0.6) is 0 Å². The molecular weight excluding hydrogens is 400 g/mol. The predicted molar refractivity (Wildman–Crippen MR) is 113 cm³/mol. The number of nitrogens with zero attached hydrogens (tertiary/aromatic N) is 6. The SMILES string of the molecule is Cc1nc2ncc(-c3ccn4nc(NCC5CCC5)ncc34)cc2n1C1CC(F)(F)C1. The molecule has 9 heteroatoms. The molecule has 7 nitrogen and oxygen atoms in total. The number of anilines is 1. The topological polar surface area (TPSA) is 72.9 Å². The molecule has 0 spiro atoms. The Bertz CT molecular complexity index is 1280. The maximum atomic E-state index is 13.5. The second-order valence-corrected chi connectivity index (χ2v) is 8.83. The van der Waals surface area contributed by atoms with E-state index in [0.717, 1.165) is 34.6 Å². The molecule has 4 aromatic heterocycles. The van der Waals surface area contributed by atoms with Crippen LogP contribution in [0.15, 0.2) is 30.7 Å². The number of hydrogen-bond acceptors (Lipinski definition) is 5. The lowest BCUT2D eigenvalue weighted by Gasteiger charge is -2.36. The smallest absolute Gasteiger partial charge is 0.252 e. The Morgan fingerprint density at radius 1 is 1.16 bits per heavy atom. The highest BCUT2D eigenvalue weighted by molar-refractivity contribution is 5.85. The largest absolute Gasteiger partial charge is 0.353 e. The summed E-state index contributed by atoms with van der Waals surface area (Å²) in [4.78, 5) is 13.5. The van der Waals surface area contributed by atoms with Crippen LogP contribution in [0.2, 0.25) is 0 Å². The number of fused-ring (bicyclic) bond motifs is 2. The first-order chi connectivity index (χ1) is 15.0. The molecule has 0 saturated heterocycles. The lowest BCUT2D eigenvalue weighted by Crippen LogP contribution is -2.37. The van der Waals surface area contributed by atoms with Crippen LogP contribution in [0.1, 0.15) is 44.0 Å². The molecule has 160 valence electrons. The minimum atomic E-state index is -2.58. The van der Waals surface area contributed by atoms with Crippen molar-refractivity contribution in [3.63, 3.8) is 0 Å². The zero-order valence-electron chi connectivity index (χ0n) is 17.2. The first kappa shape index (κ1) is 18.7. The molecule has 0 bridgehead atoms. The van der Waals surface area contributed by atoms with Gasteiger partial charge >= 0.3 is 0 Å². The summed E-state index contributed by atoms with van der Waals surface area (Å²) in [6.07, 6.45) is 9.04. The standard InChI is InChI=1S/C22H23F2N7/c1-13-28-20-18(31(13)16-8-22(23,24)9-16)7-15(11-25-20)17-5-6-30-19(17)12-27-21(29-30)26-10-14-3-2-4-14/h5-7,11-12,14,16H,2-4,8-10H2,1H3,(H,26,29). The van der Waals surface area contributed by atoms with E-state index in [2.05, 4.69) is 25.4 Å². The third kappa shape index (κ3) is 3.14. The van der Waals surface area contributed by atoms with Crippen molar-refractivity contribution < 1.29 is 8.78 Å². The van der Waals surface area contributed by atoms with Crippen LogP contribution in [0.3, 0.4) is 0 Å². The Hall–Kier alpha value is -3.10. The normalized spacial score (nSPS) is 18.9. The van der Waals surface area contributed by atoms with Gasteiger partial charge in [0.1, 0.15) is 5.82 Å². The van der Waals surface area contributed by atoms with E-state index in [1.165, 1.54) is 19.3 Å². The number of hydrogen-bond donors (Lipinski definition) is 1. The van der Waals surface area contributed by atoms with Crippen LogP contribution in [-0.4, -0.2) is 41.6 Å². The predicted octanol–water partition coefficient (Wildman–Crippen LogP) is 4.63. The summed E-state index contributed by atoms with van der Waals surface area (Å²) in [7, 11) is 0. The second kappa shape index (κ2) is 6.70. The summed E-state index contributed by atoms with van der Waals surface area (Å²) in [6, 6.07) is 3.72. The van der Waals surface area contributed by atoms with Crippen LogP contribution >= 0.6 is 0 Å². The molecule has 1 N–H and O–H groups in total. The van der Waals surface area contributed by atoms with E-state index >= 15 is 0 Å². The van der Waals surface area contributed by atoms with E-state index < -0.39 is 5.92 Å². The lowest BCUT2D eigenvalue weighted by molar-refractivity contribution is -0.103. The Labute approximate surface area is 177 Å². The van der Waals surface area contributed by atoms with Gasteiger partial charge in [-0.15, -0.1) is 5.10 Å². The van der Waals surface area contributed by atoms with Gasteiger partial charge in [0.2, 0.25) is 5.95 Å². The van der Waals surface area contributed by atoms with Gasteiger partial charge in [0, 0.05) is 48.9 Å². The van der Waals surface area contributed by atoms with Gasteiger partial charge in [0.05, 0.1) is 17.2 Å². The average molecular weight is 423 g/mol. The molecule has 0 aliphatic heterocycles. The fourth-order valence-corrected chi connectivity index (χ4v) is 4.67. The third-order valence-corrected chi connectivity index (χ3v) is 6.66. The van der Waals surface area contributed by atoms with Crippen molar-refractivity contribution in [2.24, 2.45) is 5.92 Å². The van der Waals surface area contributed by atoms with Gasteiger partial charge in [-0.2, -0.15) is 0 Å². The maximum absolute atomic E-state index is 13.5. The summed E-state index contributed by atoms with van der Waals surface area (Å²) >= 11 is 0. The van der Waals surface area contributed by atoms with Crippen molar-refractivity contribution in [2.75, 3.05) is 11.9 Å². The zero-order chi connectivity index (χ0) is 21.2. The van der Waals surface area contributed by atoms with Gasteiger partial charge in [0.15, 0.2) is 5.65 Å². The monoisotopic (exact) mass is 423 g/mol. The third-order valence-electron chi connectivity index (χ3n) is 6.66. The fraction of sp³-hybridized carbons (Fsp3) is 0.455. The number of imidazole rings is 1. The molecule has 0 radical (unpaired) electrons. The number of aromatic nitrogens is 6. The molecule has 2 aliphatic carbocycles. The molecule has 2 aliphatic rings. The van der Waals surface area contributed by atoms with Crippen molar-refractivity contribution in [1.29, 1.82) is 0 Å². The van der Waals surface area contributed by atoms with Crippen molar-refractivity contribution in [1.82, 2.24) is 29.1 Å². The molecule has 0 aromatic carbocycles. The zero-order valence-corrected chi connectivity index (χ0v) is 17.2. The van der Waals surface area contributed by atoms with Crippen molar-refractivity contribution in [3.8, 4) is 11.1 Å². The van der Waals surface area contributed by atoms with Gasteiger partial charge in [-0.3, -0.25) is 0 Å².